The van der Waals surface area contributed by atoms with E-state index >= 15 is 0 Å². The number of fused-ring (bicyclic) bond motifs is 1. The Morgan fingerprint density at radius 3 is 2.60 bits per heavy atom. The maximum Gasteiger partial charge on any atom is 0.251 e. The summed E-state index contributed by atoms with van der Waals surface area (Å²) in [7, 11) is 1.98. The predicted molar refractivity (Wildman–Crippen MR) is 168 cm³/mol. The topological polar surface area (TPSA) is 130 Å². The number of hydrogen-bond acceptors (Lipinski definition) is 7. The fourth-order valence-electron chi connectivity index (χ4n) is 5.22. The maximum absolute atomic E-state index is 13.1. The molecule has 1 atom stereocenters. The number of imidazole rings is 1. The standard InChI is InChI=1S/C33H39N7O3/c1-20-14-26(16-27(22(20)3)33(43)35-10-7-13-41)30-23(4)38-40-29(17-28(21(2)19-42)37-32(30)40)36-18-24-8-6-9-25(15-24)31-34-11-12-39(31)5/h6,8-9,11-12,14-17,21,36,41-42H,7,10,13,18-19H2,1-5H3,(H,35,43). The van der Waals surface area contributed by atoms with E-state index in [4.69, 9.17) is 15.2 Å². The lowest BCUT2D eigenvalue weighted by Crippen LogP contribution is -2.26. The van der Waals surface area contributed by atoms with Crippen molar-refractivity contribution in [2.45, 2.75) is 46.6 Å². The van der Waals surface area contributed by atoms with Gasteiger partial charge < -0.3 is 25.4 Å². The van der Waals surface area contributed by atoms with E-state index in [9.17, 15) is 9.90 Å². The van der Waals surface area contributed by atoms with Crippen LogP contribution in [0.5, 0.6) is 0 Å². The van der Waals surface area contributed by atoms with Gasteiger partial charge in [-0.05, 0) is 61.6 Å². The van der Waals surface area contributed by atoms with Crippen molar-refractivity contribution in [3.05, 3.63) is 88.5 Å². The van der Waals surface area contributed by atoms with Crippen molar-refractivity contribution in [3.8, 4) is 22.5 Å². The Hall–Kier alpha value is -4.54. The molecule has 1 amide bonds. The summed E-state index contributed by atoms with van der Waals surface area (Å²) in [6, 6.07) is 14.1. The molecule has 43 heavy (non-hydrogen) atoms. The highest BCUT2D eigenvalue weighted by molar-refractivity contribution is 5.98. The third-order valence-corrected chi connectivity index (χ3v) is 7.86. The number of aliphatic hydroxyl groups excluding tert-OH is 2. The summed E-state index contributed by atoms with van der Waals surface area (Å²) in [5.41, 5.74) is 8.42. The van der Waals surface area contributed by atoms with Gasteiger partial charge in [0, 0.05) is 67.8 Å². The van der Waals surface area contributed by atoms with Crippen molar-refractivity contribution in [2.24, 2.45) is 7.05 Å². The zero-order valence-electron chi connectivity index (χ0n) is 25.3. The van der Waals surface area contributed by atoms with Gasteiger partial charge in [-0.2, -0.15) is 9.61 Å². The molecule has 0 aliphatic heterocycles. The van der Waals surface area contributed by atoms with Crippen LogP contribution in [0.1, 0.15) is 57.7 Å². The Labute approximate surface area is 251 Å². The van der Waals surface area contributed by atoms with E-state index in [0.717, 1.165) is 56.4 Å². The Kier molecular flexibility index (Phi) is 8.89. The number of carbonyl (C=O) groups is 1. The lowest BCUT2D eigenvalue weighted by molar-refractivity contribution is 0.0950. The molecule has 3 heterocycles. The van der Waals surface area contributed by atoms with Gasteiger partial charge in [-0.1, -0.05) is 31.2 Å². The van der Waals surface area contributed by atoms with E-state index in [-0.39, 0.29) is 25.0 Å². The molecule has 10 nitrogen and oxygen atoms in total. The van der Waals surface area contributed by atoms with E-state index in [1.165, 1.54) is 0 Å². The number of carbonyl (C=O) groups excluding carboxylic acids is 1. The first kappa shape index (κ1) is 29.9. The average Bonchev–Trinajstić information content (AvgIpc) is 3.58. The number of amides is 1. The van der Waals surface area contributed by atoms with Crippen LogP contribution in [-0.4, -0.2) is 60.0 Å². The van der Waals surface area contributed by atoms with Gasteiger partial charge in [-0.25, -0.2) is 9.97 Å². The highest BCUT2D eigenvalue weighted by atomic mass is 16.3. The largest absolute Gasteiger partial charge is 0.396 e. The highest BCUT2D eigenvalue weighted by Crippen LogP contribution is 2.33. The van der Waals surface area contributed by atoms with Crippen LogP contribution in [0.25, 0.3) is 28.2 Å². The van der Waals surface area contributed by atoms with Gasteiger partial charge in [0.1, 0.15) is 11.6 Å². The summed E-state index contributed by atoms with van der Waals surface area (Å²) in [5.74, 6) is 1.29. The number of benzene rings is 2. The first-order chi connectivity index (χ1) is 20.7. The van der Waals surface area contributed by atoms with E-state index < -0.39 is 0 Å². The quantitative estimate of drug-likeness (QED) is 0.169. The Balaban J connectivity index is 1.55. The van der Waals surface area contributed by atoms with Gasteiger partial charge in [-0.3, -0.25) is 4.79 Å². The second kappa shape index (κ2) is 12.8. The SMILES string of the molecule is Cc1cc(-c2c(C)nn3c(NCc4cccc(-c5nccn5C)c4)cc(C(C)CO)nc23)cc(C(=O)NCCCO)c1C. The van der Waals surface area contributed by atoms with E-state index in [2.05, 4.69) is 33.8 Å². The van der Waals surface area contributed by atoms with Crippen LogP contribution in [0.2, 0.25) is 0 Å². The van der Waals surface area contributed by atoms with E-state index in [1.807, 2.05) is 69.8 Å². The predicted octanol–water partition coefficient (Wildman–Crippen LogP) is 4.54. The van der Waals surface area contributed by atoms with Crippen molar-refractivity contribution in [1.29, 1.82) is 0 Å². The average molecular weight is 582 g/mol. The van der Waals surface area contributed by atoms with E-state index in [0.29, 0.717) is 30.7 Å². The van der Waals surface area contributed by atoms with Crippen molar-refractivity contribution in [3.63, 3.8) is 0 Å². The van der Waals surface area contributed by atoms with Crippen LogP contribution < -0.4 is 10.6 Å². The molecule has 0 bridgehead atoms. The Bertz CT molecular complexity index is 1770. The molecule has 1 unspecified atom stereocenters. The summed E-state index contributed by atoms with van der Waals surface area (Å²) in [6.45, 7) is 8.72. The molecule has 224 valence electrons. The first-order valence-corrected chi connectivity index (χ1v) is 14.5. The monoisotopic (exact) mass is 581 g/mol. The van der Waals surface area contributed by atoms with Crippen molar-refractivity contribution in [2.75, 3.05) is 25.1 Å². The second-order valence-corrected chi connectivity index (χ2v) is 11.1. The number of aliphatic hydroxyl groups is 2. The second-order valence-electron chi connectivity index (χ2n) is 11.1. The Morgan fingerprint density at radius 1 is 1.07 bits per heavy atom. The molecule has 2 aromatic carbocycles. The minimum absolute atomic E-state index is 0.0199. The minimum Gasteiger partial charge on any atom is -0.396 e. The van der Waals surface area contributed by atoms with Gasteiger partial charge in [0.2, 0.25) is 0 Å². The number of nitrogens with one attached hydrogen (secondary N) is 2. The van der Waals surface area contributed by atoms with Crippen LogP contribution in [0.15, 0.2) is 54.9 Å². The van der Waals surface area contributed by atoms with Crippen LogP contribution >= 0.6 is 0 Å². The molecule has 0 fully saturated rings. The first-order valence-electron chi connectivity index (χ1n) is 14.5. The van der Waals surface area contributed by atoms with E-state index in [1.54, 1.807) is 10.7 Å². The van der Waals surface area contributed by atoms with Gasteiger partial charge in [-0.15, -0.1) is 0 Å². The zero-order chi connectivity index (χ0) is 30.7. The molecule has 10 heteroatoms. The molecule has 0 spiro atoms. The van der Waals surface area contributed by atoms with Crippen LogP contribution in [0.3, 0.4) is 0 Å². The van der Waals surface area contributed by atoms with Crippen molar-refractivity contribution < 1.29 is 15.0 Å². The molecule has 4 N–H and O–H groups in total. The third kappa shape index (κ3) is 6.16. The number of nitrogens with zero attached hydrogens (tertiary/aromatic N) is 5. The zero-order valence-corrected chi connectivity index (χ0v) is 25.3. The summed E-state index contributed by atoms with van der Waals surface area (Å²) >= 11 is 0. The van der Waals surface area contributed by atoms with Crippen LogP contribution in [0.4, 0.5) is 5.82 Å². The van der Waals surface area contributed by atoms with Gasteiger partial charge in [0.25, 0.3) is 5.91 Å². The minimum atomic E-state index is -0.187. The number of hydrogen-bond donors (Lipinski definition) is 4. The third-order valence-electron chi connectivity index (χ3n) is 7.86. The molecular weight excluding hydrogens is 542 g/mol. The molecule has 5 aromatic rings. The molecule has 5 rings (SSSR count). The number of aromatic nitrogens is 5. The summed E-state index contributed by atoms with van der Waals surface area (Å²) < 4.78 is 3.80. The Morgan fingerprint density at radius 2 is 1.88 bits per heavy atom. The van der Waals surface area contributed by atoms with Crippen LogP contribution in [0, 0.1) is 20.8 Å². The van der Waals surface area contributed by atoms with Crippen molar-refractivity contribution in [1.82, 2.24) is 29.5 Å². The smallest absolute Gasteiger partial charge is 0.251 e. The van der Waals surface area contributed by atoms with Crippen molar-refractivity contribution >= 4 is 17.4 Å². The molecule has 0 saturated carbocycles. The molecule has 3 aromatic heterocycles. The molecule has 0 saturated heterocycles. The van der Waals surface area contributed by atoms with Gasteiger partial charge in [0.15, 0.2) is 5.65 Å². The fraction of sp³-hybridized carbons (Fsp3) is 0.333. The lowest BCUT2D eigenvalue weighted by atomic mass is 9.95. The molecule has 0 radical (unpaired) electrons. The normalized spacial score (nSPS) is 12.1. The molecular formula is C33H39N7O3. The number of anilines is 1. The van der Waals surface area contributed by atoms with Gasteiger partial charge >= 0.3 is 0 Å². The number of aryl methyl sites for hydroxylation is 3. The molecule has 0 aliphatic carbocycles. The highest BCUT2D eigenvalue weighted by Gasteiger charge is 2.21. The number of rotatable bonds is 11. The van der Waals surface area contributed by atoms with Gasteiger partial charge in [0.05, 0.1) is 18.0 Å². The summed E-state index contributed by atoms with van der Waals surface area (Å²) in [6.07, 6.45) is 4.21. The summed E-state index contributed by atoms with van der Waals surface area (Å²) in [5, 5.41) is 30.4. The van der Waals surface area contributed by atoms with Crippen LogP contribution in [-0.2, 0) is 13.6 Å². The maximum atomic E-state index is 13.1. The summed E-state index contributed by atoms with van der Waals surface area (Å²) in [4.78, 5) is 22.5. The fourth-order valence-corrected chi connectivity index (χ4v) is 5.22. The molecule has 0 aliphatic rings. The lowest BCUT2D eigenvalue weighted by Gasteiger charge is -2.15.